The molecule has 2 nitrogen and oxygen atoms in total. The Morgan fingerprint density at radius 2 is 2.38 bits per heavy atom. The molecule has 0 N–H and O–H groups in total. The second-order valence-electron chi connectivity index (χ2n) is 4.71. The molecule has 0 spiro atoms. The highest BCUT2D eigenvalue weighted by Crippen LogP contribution is 2.19. The molecule has 0 aromatic carbocycles. The summed E-state index contributed by atoms with van der Waals surface area (Å²) in [4.78, 5) is 6.55. The van der Waals surface area contributed by atoms with E-state index >= 15 is 0 Å². The standard InChI is InChI=1S/C14H20N2/c1-16(11-13-6-3-2-4-7-13)12-14-8-5-9-15-10-14/h2-3,5,8-10,13H,4,6-7,11-12H2,1H3/t13-/m0/s1. The molecule has 1 aromatic heterocycles. The maximum atomic E-state index is 4.15. The first-order valence-electron chi connectivity index (χ1n) is 6.07. The van der Waals surface area contributed by atoms with Crippen LogP contribution in [0.2, 0.25) is 0 Å². The number of hydrogen-bond acceptors (Lipinski definition) is 2. The summed E-state index contributed by atoms with van der Waals surface area (Å²) in [7, 11) is 2.20. The Kier molecular flexibility index (Phi) is 4.11. The number of rotatable bonds is 4. The molecular weight excluding hydrogens is 196 g/mol. The highest BCUT2D eigenvalue weighted by Gasteiger charge is 2.12. The van der Waals surface area contributed by atoms with Gasteiger partial charge in [0, 0.05) is 25.5 Å². The highest BCUT2D eigenvalue weighted by atomic mass is 15.1. The average Bonchev–Trinajstić information content (AvgIpc) is 2.31. The topological polar surface area (TPSA) is 16.1 Å². The average molecular weight is 216 g/mol. The van der Waals surface area contributed by atoms with E-state index in [9.17, 15) is 0 Å². The lowest BCUT2D eigenvalue weighted by atomic mass is 9.94. The van der Waals surface area contributed by atoms with Crippen LogP contribution in [0.5, 0.6) is 0 Å². The molecule has 86 valence electrons. The third kappa shape index (κ3) is 3.46. The van der Waals surface area contributed by atoms with E-state index in [0.29, 0.717) is 0 Å². The van der Waals surface area contributed by atoms with Crippen molar-refractivity contribution in [3.63, 3.8) is 0 Å². The van der Waals surface area contributed by atoms with Crippen molar-refractivity contribution in [2.24, 2.45) is 5.92 Å². The minimum Gasteiger partial charge on any atom is -0.302 e. The number of aromatic nitrogens is 1. The van der Waals surface area contributed by atoms with Gasteiger partial charge in [-0.15, -0.1) is 0 Å². The van der Waals surface area contributed by atoms with Crippen LogP contribution < -0.4 is 0 Å². The molecule has 0 bridgehead atoms. The van der Waals surface area contributed by atoms with E-state index < -0.39 is 0 Å². The molecule has 16 heavy (non-hydrogen) atoms. The van der Waals surface area contributed by atoms with Crippen LogP contribution in [0.1, 0.15) is 24.8 Å². The fourth-order valence-corrected chi connectivity index (χ4v) is 2.33. The van der Waals surface area contributed by atoms with Gasteiger partial charge in [-0.1, -0.05) is 18.2 Å². The third-order valence-electron chi connectivity index (χ3n) is 3.12. The third-order valence-corrected chi connectivity index (χ3v) is 3.12. The molecule has 1 aromatic rings. The lowest BCUT2D eigenvalue weighted by Crippen LogP contribution is -2.25. The first kappa shape index (κ1) is 11.3. The van der Waals surface area contributed by atoms with Crippen molar-refractivity contribution in [1.29, 1.82) is 0 Å². The molecule has 1 atom stereocenters. The lowest BCUT2D eigenvalue weighted by Gasteiger charge is -2.24. The number of pyridine rings is 1. The van der Waals surface area contributed by atoms with Gasteiger partial charge in [-0.2, -0.15) is 0 Å². The van der Waals surface area contributed by atoms with Crippen LogP contribution in [0, 0.1) is 5.92 Å². The van der Waals surface area contributed by atoms with Crippen molar-refractivity contribution in [1.82, 2.24) is 9.88 Å². The Labute approximate surface area is 98.0 Å². The number of allylic oxidation sites excluding steroid dienone is 2. The molecule has 1 aliphatic rings. The molecule has 2 heteroatoms. The molecule has 1 aliphatic carbocycles. The van der Waals surface area contributed by atoms with Gasteiger partial charge in [0.1, 0.15) is 0 Å². The Balaban J connectivity index is 1.80. The van der Waals surface area contributed by atoms with E-state index in [1.165, 1.54) is 31.4 Å². The van der Waals surface area contributed by atoms with Crippen LogP contribution >= 0.6 is 0 Å². The molecule has 1 heterocycles. The fourth-order valence-electron chi connectivity index (χ4n) is 2.33. The predicted octanol–water partition coefficient (Wildman–Crippen LogP) is 2.87. The molecule has 0 fully saturated rings. The summed E-state index contributed by atoms with van der Waals surface area (Å²) < 4.78 is 0. The van der Waals surface area contributed by atoms with E-state index in [0.717, 1.165) is 12.5 Å². The van der Waals surface area contributed by atoms with Crippen LogP contribution in [0.15, 0.2) is 36.7 Å². The summed E-state index contributed by atoms with van der Waals surface area (Å²) in [6.07, 6.45) is 12.3. The van der Waals surface area contributed by atoms with E-state index in [1.54, 1.807) is 0 Å². The van der Waals surface area contributed by atoms with Gasteiger partial charge in [0.2, 0.25) is 0 Å². The summed E-state index contributed by atoms with van der Waals surface area (Å²) in [6.45, 7) is 2.20. The van der Waals surface area contributed by atoms with Crippen LogP contribution in [0.4, 0.5) is 0 Å². The summed E-state index contributed by atoms with van der Waals surface area (Å²) in [6, 6.07) is 4.15. The summed E-state index contributed by atoms with van der Waals surface area (Å²) >= 11 is 0. The van der Waals surface area contributed by atoms with Gasteiger partial charge in [-0.05, 0) is 43.9 Å². The Bertz CT molecular complexity index is 332. The molecule has 0 saturated heterocycles. The summed E-state index contributed by atoms with van der Waals surface area (Å²) in [5, 5.41) is 0. The van der Waals surface area contributed by atoms with Crippen LogP contribution in [-0.2, 0) is 6.54 Å². The van der Waals surface area contributed by atoms with E-state index in [2.05, 4.69) is 35.1 Å². The first-order valence-corrected chi connectivity index (χ1v) is 6.07. The van der Waals surface area contributed by atoms with Crippen molar-refractivity contribution in [3.8, 4) is 0 Å². The first-order chi connectivity index (χ1) is 7.84. The van der Waals surface area contributed by atoms with Gasteiger partial charge in [0.25, 0.3) is 0 Å². The van der Waals surface area contributed by atoms with Gasteiger partial charge in [0.15, 0.2) is 0 Å². The summed E-state index contributed by atoms with van der Waals surface area (Å²) in [5.41, 5.74) is 1.30. The molecule has 0 aliphatic heterocycles. The minimum atomic E-state index is 0.840. The number of nitrogens with zero attached hydrogens (tertiary/aromatic N) is 2. The van der Waals surface area contributed by atoms with Gasteiger partial charge in [-0.3, -0.25) is 4.98 Å². The maximum absolute atomic E-state index is 4.15. The van der Waals surface area contributed by atoms with Crippen LogP contribution in [0.3, 0.4) is 0 Å². The van der Waals surface area contributed by atoms with Gasteiger partial charge in [-0.25, -0.2) is 0 Å². The molecule has 0 saturated carbocycles. The zero-order chi connectivity index (χ0) is 11.2. The Morgan fingerprint density at radius 3 is 3.06 bits per heavy atom. The lowest BCUT2D eigenvalue weighted by molar-refractivity contribution is 0.258. The molecule has 2 rings (SSSR count). The predicted molar refractivity (Wildman–Crippen MR) is 67.1 cm³/mol. The largest absolute Gasteiger partial charge is 0.302 e. The van der Waals surface area contributed by atoms with Gasteiger partial charge in [0.05, 0.1) is 0 Å². The normalized spacial score (nSPS) is 20.2. The van der Waals surface area contributed by atoms with Crippen molar-refractivity contribution in [3.05, 3.63) is 42.2 Å². The van der Waals surface area contributed by atoms with Crippen LogP contribution in [-0.4, -0.2) is 23.5 Å². The molecular formula is C14H20N2. The highest BCUT2D eigenvalue weighted by molar-refractivity contribution is 5.08. The van der Waals surface area contributed by atoms with Crippen LogP contribution in [0.25, 0.3) is 0 Å². The van der Waals surface area contributed by atoms with E-state index in [-0.39, 0.29) is 0 Å². The molecule has 0 radical (unpaired) electrons. The zero-order valence-corrected chi connectivity index (χ0v) is 9.97. The quantitative estimate of drug-likeness (QED) is 0.719. The zero-order valence-electron chi connectivity index (χ0n) is 9.97. The van der Waals surface area contributed by atoms with E-state index in [1.807, 2.05) is 18.5 Å². The summed E-state index contributed by atoms with van der Waals surface area (Å²) in [5.74, 6) is 0.840. The van der Waals surface area contributed by atoms with E-state index in [4.69, 9.17) is 0 Å². The number of hydrogen-bond donors (Lipinski definition) is 0. The molecule has 0 unspecified atom stereocenters. The fraction of sp³-hybridized carbons (Fsp3) is 0.500. The second-order valence-corrected chi connectivity index (χ2v) is 4.71. The Hall–Kier alpha value is -1.15. The van der Waals surface area contributed by atoms with Crippen molar-refractivity contribution in [2.45, 2.75) is 25.8 Å². The second kappa shape index (κ2) is 5.80. The van der Waals surface area contributed by atoms with Crippen molar-refractivity contribution in [2.75, 3.05) is 13.6 Å². The maximum Gasteiger partial charge on any atom is 0.0312 e. The monoisotopic (exact) mass is 216 g/mol. The van der Waals surface area contributed by atoms with Gasteiger partial charge >= 0.3 is 0 Å². The molecule has 0 amide bonds. The van der Waals surface area contributed by atoms with Gasteiger partial charge < -0.3 is 4.90 Å². The van der Waals surface area contributed by atoms with Crippen molar-refractivity contribution < 1.29 is 0 Å². The smallest absolute Gasteiger partial charge is 0.0312 e. The Morgan fingerprint density at radius 1 is 1.44 bits per heavy atom. The van der Waals surface area contributed by atoms with Crippen molar-refractivity contribution >= 4 is 0 Å². The minimum absolute atomic E-state index is 0.840. The SMILES string of the molecule is CN(Cc1cccnc1)C[C@H]1CC=CCC1.